The number of aryl methyl sites for hydroxylation is 1. The molecule has 3 aromatic rings. The second-order valence-corrected chi connectivity index (χ2v) is 6.22. The minimum atomic E-state index is 0.470. The Balaban J connectivity index is 1.73. The van der Waals surface area contributed by atoms with Crippen LogP contribution in [-0.2, 0) is 20.2 Å². The smallest absolute Gasteiger partial charge is 0.242 e. The topological polar surface area (TPSA) is 74.1 Å². The van der Waals surface area contributed by atoms with Crippen molar-refractivity contribution >= 4 is 21.9 Å². The van der Waals surface area contributed by atoms with Gasteiger partial charge in [0.15, 0.2) is 11.5 Å². The number of methoxy groups -OCH3 is 1. The highest BCUT2D eigenvalue weighted by molar-refractivity contribution is 9.10. The molecule has 0 bridgehead atoms. The Morgan fingerprint density at radius 2 is 1.96 bits per heavy atom. The van der Waals surface area contributed by atoms with E-state index >= 15 is 0 Å². The van der Waals surface area contributed by atoms with Crippen molar-refractivity contribution in [1.29, 1.82) is 0 Å². The highest BCUT2D eigenvalue weighted by Gasteiger charge is 2.12. The first-order chi connectivity index (χ1) is 12.2. The molecule has 0 atom stereocenters. The molecule has 0 aliphatic carbocycles. The van der Waals surface area contributed by atoms with Crippen LogP contribution in [0.1, 0.15) is 11.1 Å². The largest absolute Gasteiger partial charge is 0.493 e. The Morgan fingerprint density at radius 3 is 2.64 bits per heavy atom. The Kier molecular flexibility index (Phi) is 5.49. The number of tetrazole rings is 1. The molecule has 7 nitrogen and oxygen atoms in total. The van der Waals surface area contributed by atoms with Crippen LogP contribution in [0, 0.1) is 0 Å². The van der Waals surface area contributed by atoms with Gasteiger partial charge in [0.25, 0.3) is 0 Å². The first-order valence-electron chi connectivity index (χ1n) is 7.66. The zero-order chi connectivity index (χ0) is 17.6. The molecule has 130 valence electrons. The summed E-state index contributed by atoms with van der Waals surface area (Å²) in [5.41, 5.74) is 2.11. The van der Waals surface area contributed by atoms with Crippen LogP contribution in [0.2, 0.25) is 0 Å². The molecule has 0 radical (unpaired) electrons. The second-order valence-electron chi connectivity index (χ2n) is 5.36. The number of hydrogen-bond acceptors (Lipinski definition) is 6. The van der Waals surface area contributed by atoms with Gasteiger partial charge in [-0.1, -0.05) is 35.4 Å². The van der Waals surface area contributed by atoms with E-state index in [4.69, 9.17) is 9.47 Å². The molecule has 0 saturated carbocycles. The lowest BCUT2D eigenvalue weighted by molar-refractivity contribution is 0.282. The van der Waals surface area contributed by atoms with Crippen LogP contribution in [0.4, 0.5) is 5.95 Å². The van der Waals surface area contributed by atoms with Crippen molar-refractivity contribution in [3.05, 3.63) is 58.1 Å². The third-order valence-electron chi connectivity index (χ3n) is 3.59. The van der Waals surface area contributed by atoms with E-state index in [0.717, 1.165) is 15.6 Å². The Bertz CT molecular complexity index is 838. The van der Waals surface area contributed by atoms with Crippen LogP contribution in [0.3, 0.4) is 0 Å². The molecule has 3 rings (SSSR count). The van der Waals surface area contributed by atoms with E-state index in [2.05, 4.69) is 36.8 Å². The summed E-state index contributed by atoms with van der Waals surface area (Å²) in [5, 5.41) is 14.5. The minimum Gasteiger partial charge on any atom is -0.493 e. The maximum absolute atomic E-state index is 5.94. The Labute approximate surface area is 154 Å². The molecule has 0 amide bonds. The van der Waals surface area contributed by atoms with Gasteiger partial charge >= 0.3 is 0 Å². The molecule has 0 saturated heterocycles. The summed E-state index contributed by atoms with van der Waals surface area (Å²) in [6, 6.07) is 13.9. The predicted octanol–water partition coefficient (Wildman–Crippen LogP) is 3.17. The van der Waals surface area contributed by atoms with Gasteiger partial charge < -0.3 is 14.8 Å². The molecule has 8 heteroatoms. The SMILES string of the molecule is COc1cc(CNc2nnnn2C)cc(Br)c1OCc1ccccc1. The Morgan fingerprint density at radius 1 is 1.16 bits per heavy atom. The zero-order valence-corrected chi connectivity index (χ0v) is 15.5. The molecule has 2 aromatic carbocycles. The van der Waals surface area contributed by atoms with Gasteiger partial charge in [-0.25, -0.2) is 4.68 Å². The molecule has 0 aliphatic rings. The quantitative estimate of drug-likeness (QED) is 0.652. The summed E-state index contributed by atoms with van der Waals surface area (Å²) in [7, 11) is 3.40. The lowest BCUT2D eigenvalue weighted by atomic mass is 10.2. The normalized spacial score (nSPS) is 10.5. The van der Waals surface area contributed by atoms with Crippen molar-refractivity contribution in [2.45, 2.75) is 13.2 Å². The third kappa shape index (κ3) is 4.27. The number of ether oxygens (including phenoxy) is 2. The number of halogens is 1. The molecule has 1 aromatic heterocycles. The van der Waals surface area contributed by atoms with E-state index in [1.807, 2.05) is 42.5 Å². The summed E-state index contributed by atoms with van der Waals surface area (Å²) < 4.78 is 13.8. The summed E-state index contributed by atoms with van der Waals surface area (Å²) in [6.07, 6.45) is 0. The van der Waals surface area contributed by atoms with Crippen molar-refractivity contribution in [1.82, 2.24) is 20.2 Å². The molecular formula is C17H18BrN5O2. The van der Waals surface area contributed by atoms with Crippen LogP contribution in [-0.4, -0.2) is 27.3 Å². The molecule has 0 fully saturated rings. The number of aromatic nitrogens is 4. The minimum absolute atomic E-state index is 0.470. The number of hydrogen-bond donors (Lipinski definition) is 1. The van der Waals surface area contributed by atoms with Gasteiger partial charge in [-0.15, -0.1) is 0 Å². The van der Waals surface area contributed by atoms with Gasteiger partial charge in [0, 0.05) is 13.6 Å². The molecule has 1 heterocycles. The standard InChI is InChI=1S/C17H18BrN5O2/c1-23-17(20-21-22-23)19-10-13-8-14(18)16(15(9-13)24-2)25-11-12-6-4-3-5-7-12/h3-9H,10-11H2,1-2H3,(H,19,20,22). The first-order valence-corrected chi connectivity index (χ1v) is 8.46. The molecule has 0 spiro atoms. The summed E-state index contributed by atoms with van der Waals surface area (Å²) in [6.45, 7) is 1.03. The highest BCUT2D eigenvalue weighted by atomic mass is 79.9. The fourth-order valence-electron chi connectivity index (χ4n) is 2.31. The number of benzene rings is 2. The van der Waals surface area contributed by atoms with E-state index in [1.54, 1.807) is 18.8 Å². The van der Waals surface area contributed by atoms with E-state index < -0.39 is 0 Å². The van der Waals surface area contributed by atoms with Gasteiger partial charge in [0.2, 0.25) is 5.95 Å². The molecule has 1 N–H and O–H groups in total. The average molecular weight is 404 g/mol. The number of anilines is 1. The van der Waals surface area contributed by atoms with Crippen LogP contribution in [0.25, 0.3) is 0 Å². The number of nitrogens with one attached hydrogen (secondary N) is 1. The van der Waals surface area contributed by atoms with Crippen LogP contribution in [0.15, 0.2) is 46.9 Å². The second kappa shape index (κ2) is 7.98. The zero-order valence-electron chi connectivity index (χ0n) is 13.9. The Hall–Kier alpha value is -2.61. The molecular weight excluding hydrogens is 386 g/mol. The van der Waals surface area contributed by atoms with Gasteiger partial charge in [0.05, 0.1) is 11.6 Å². The van der Waals surface area contributed by atoms with Crippen LogP contribution < -0.4 is 14.8 Å². The van der Waals surface area contributed by atoms with E-state index in [0.29, 0.717) is 30.6 Å². The first kappa shape index (κ1) is 17.2. The predicted molar refractivity (Wildman–Crippen MR) is 97.6 cm³/mol. The van der Waals surface area contributed by atoms with Gasteiger partial charge in [-0.2, -0.15) is 0 Å². The number of rotatable bonds is 7. The maximum Gasteiger partial charge on any atom is 0.242 e. The van der Waals surface area contributed by atoms with E-state index in [-0.39, 0.29) is 0 Å². The van der Waals surface area contributed by atoms with Crippen LogP contribution >= 0.6 is 15.9 Å². The average Bonchev–Trinajstić information content (AvgIpc) is 3.04. The summed E-state index contributed by atoms with van der Waals surface area (Å²) in [5.74, 6) is 1.94. The van der Waals surface area contributed by atoms with E-state index in [1.165, 1.54) is 0 Å². The van der Waals surface area contributed by atoms with Crippen LogP contribution in [0.5, 0.6) is 11.5 Å². The van der Waals surface area contributed by atoms with Crippen molar-refractivity contribution in [2.75, 3.05) is 12.4 Å². The van der Waals surface area contributed by atoms with Gasteiger partial charge in [-0.3, -0.25) is 0 Å². The lowest BCUT2D eigenvalue weighted by Crippen LogP contribution is -2.06. The van der Waals surface area contributed by atoms with E-state index in [9.17, 15) is 0 Å². The van der Waals surface area contributed by atoms with Crippen molar-refractivity contribution in [3.63, 3.8) is 0 Å². The van der Waals surface area contributed by atoms with Gasteiger partial charge in [0.1, 0.15) is 6.61 Å². The van der Waals surface area contributed by atoms with Crippen molar-refractivity contribution in [2.24, 2.45) is 7.05 Å². The molecule has 0 aliphatic heterocycles. The lowest BCUT2D eigenvalue weighted by Gasteiger charge is -2.15. The monoisotopic (exact) mass is 403 g/mol. The fraction of sp³-hybridized carbons (Fsp3) is 0.235. The molecule has 25 heavy (non-hydrogen) atoms. The highest BCUT2D eigenvalue weighted by Crippen LogP contribution is 2.37. The van der Waals surface area contributed by atoms with Crippen molar-refractivity contribution < 1.29 is 9.47 Å². The van der Waals surface area contributed by atoms with Crippen molar-refractivity contribution in [3.8, 4) is 11.5 Å². The number of nitrogens with zero attached hydrogens (tertiary/aromatic N) is 4. The third-order valence-corrected chi connectivity index (χ3v) is 4.18. The molecule has 0 unspecified atom stereocenters. The summed E-state index contributed by atoms with van der Waals surface area (Å²) >= 11 is 3.57. The maximum atomic E-state index is 5.94. The summed E-state index contributed by atoms with van der Waals surface area (Å²) in [4.78, 5) is 0. The van der Waals surface area contributed by atoms with Gasteiger partial charge in [-0.05, 0) is 49.6 Å². The fourth-order valence-corrected chi connectivity index (χ4v) is 2.91.